The lowest BCUT2D eigenvalue weighted by Gasteiger charge is -2.05. The number of anilines is 1. The van der Waals surface area contributed by atoms with Crippen LogP contribution in [0.2, 0.25) is 0 Å². The van der Waals surface area contributed by atoms with Gasteiger partial charge in [-0.1, -0.05) is 0 Å². The van der Waals surface area contributed by atoms with Crippen molar-refractivity contribution >= 4 is 28.5 Å². The molecule has 0 unspecified atom stereocenters. The van der Waals surface area contributed by atoms with Gasteiger partial charge in [-0.2, -0.15) is 5.10 Å². The molecule has 7 nitrogen and oxygen atoms in total. The van der Waals surface area contributed by atoms with Crippen molar-refractivity contribution in [2.75, 3.05) is 11.9 Å². The smallest absolute Gasteiger partial charge is 0.362 e. The zero-order chi connectivity index (χ0) is 14.7. The fourth-order valence-corrected chi connectivity index (χ4v) is 1.74. The Bertz CT molecular complexity index is 736. The molecular weight excluding hydrogens is 262 g/mol. The largest absolute Gasteiger partial charge is 0.461 e. The van der Waals surface area contributed by atoms with Crippen molar-refractivity contribution in [3.05, 3.63) is 34.1 Å². The molecule has 0 radical (unpaired) electrons. The molecule has 104 valence electrons. The third-order valence-corrected chi connectivity index (χ3v) is 2.56. The van der Waals surface area contributed by atoms with Crippen molar-refractivity contribution < 1.29 is 14.3 Å². The maximum Gasteiger partial charge on any atom is 0.362 e. The molecule has 2 aromatic rings. The molecule has 1 aromatic carbocycles. The molecule has 20 heavy (non-hydrogen) atoms. The minimum absolute atomic E-state index is 0.157. The number of fused-ring (bicyclic) bond motifs is 1. The van der Waals surface area contributed by atoms with Gasteiger partial charge < -0.3 is 10.1 Å². The second kappa shape index (κ2) is 5.52. The third kappa shape index (κ3) is 2.66. The zero-order valence-corrected chi connectivity index (χ0v) is 11.0. The van der Waals surface area contributed by atoms with Gasteiger partial charge in [0.25, 0.3) is 0 Å². The fraction of sp³-hybridized carbons (Fsp3) is 0.231. The first-order valence-electron chi connectivity index (χ1n) is 6.00. The standard InChI is InChI=1S/C13H13N3O4/c1-3-20-13(19)11-12(18)9-6-8(14-7(2)17)4-5-10(9)15-16-11/h4-6H,3H2,1-2H3,(H,14,17)(H,15,18). The SMILES string of the molecule is CCOC(=O)c1n[nH]c2ccc(NC(C)=O)cc2c1=O. The summed E-state index contributed by atoms with van der Waals surface area (Å²) in [5.74, 6) is -1.03. The number of benzene rings is 1. The number of esters is 1. The highest BCUT2D eigenvalue weighted by Crippen LogP contribution is 2.14. The molecule has 0 fully saturated rings. The quantitative estimate of drug-likeness (QED) is 0.815. The van der Waals surface area contributed by atoms with Gasteiger partial charge in [-0.15, -0.1) is 0 Å². The Balaban J connectivity index is 2.55. The van der Waals surface area contributed by atoms with Crippen molar-refractivity contribution in [3.8, 4) is 0 Å². The molecule has 0 aliphatic carbocycles. The highest BCUT2D eigenvalue weighted by molar-refractivity contribution is 5.94. The predicted octanol–water partition coefficient (Wildman–Crippen LogP) is 1.06. The number of carbonyl (C=O) groups is 2. The number of nitrogens with zero attached hydrogens (tertiary/aromatic N) is 1. The van der Waals surface area contributed by atoms with Crippen LogP contribution in [0.4, 0.5) is 5.69 Å². The number of aromatic nitrogens is 2. The summed E-state index contributed by atoms with van der Waals surface area (Å²) in [6, 6.07) is 4.72. The van der Waals surface area contributed by atoms with Gasteiger partial charge in [-0.3, -0.25) is 14.7 Å². The average Bonchev–Trinajstić information content (AvgIpc) is 2.39. The molecule has 0 saturated carbocycles. The van der Waals surface area contributed by atoms with Gasteiger partial charge in [-0.05, 0) is 25.1 Å². The highest BCUT2D eigenvalue weighted by atomic mass is 16.5. The zero-order valence-electron chi connectivity index (χ0n) is 11.0. The molecular formula is C13H13N3O4. The van der Waals surface area contributed by atoms with Gasteiger partial charge in [0.1, 0.15) is 0 Å². The summed E-state index contributed by atoms with van der Waals surface area (Å²) in [5.41, 5.74) is 0.0948. The topological polar surface area (TPSA) is 101 Å². The van der Waals surface area contributed by atoms with Gasteiger partial charge in [0.2, 0.25) is 17.0 Å². The van der Waals surface area contributed by atoms with Crippen LogP contribution in [0.5, 0.6) is 0 Å². The maximum absolute atomic E-state index is 12.2. The number of aromatic amines is 1. The molecule has 2 rings (SSSR count). The van der Waals surface area contributed by atoms with E-state index in [0.29, 0.717) is 11.2 Å². The molecule has 0 spiro atoms. The van der Waals surface area contributed by atoms with E-state index in [4.69, 9.17) is 4.74 Å². The molecule has 1 amide bonds. The van der Waals surface area contributed by atoms with E-state index in [2.05, 4.69) is 15.5 Å². The summed E-state index contributed by atoms with van der Waals surface area (Å²) in [5, 5.41) is 9.16. The van der Waals surface area contributed by atoms with Crippen LogP contribution in [0, 0.1) is 0 Å². The van der Waals surface area contributed by atoms with Crippen molar-refractivity contribution in [2.45, 2.75) is 13.8 Å². The van der Waals surface area contributed by atoms with Crippen LogP contribution in [0.1, 0.15) is 24.3 Å². The molecule has 7 heteroatoms. The van der Waals surface area contributed by atoms with Gasteiger partial charge >= 0.3 is 5.97 Å². The third-order valence-electron chi connectivity index (χ3n) is 2.56. The van der Waals surface area contributed by atoms with E-state index in [0.717, 1.165) is 0 Å². The number of amides is 1. The van der Waals surface area contributed by atoms with Crippen molar-refractivity contribution in [1.82, 2.24) is 10.2 Å². The molecule has 1 heterocycles. The Kier molecular flexibility index (Phi) is 3.79. The lowest BCUT2D eigenvalue weighted by atomic mass is 10.2. The normalized spacial score (nSPS) is 10.3. The molecule has 0 bridgehead atoms. The van der Waals surface area contributed by atoms with E-state index >= 15 is 0 Å². The van der Waals surface area contributed by atoms with Crippen LogP contribution in [-0.4, -0.2) is 28.7 Å². The first-order chi connectivity index (χ1) is 9.52. The number of carbonyl (C=O) groups excluding carboxylic acids is 2. The number of nitrogens with one attached hydrogen (secondary N) is 2. The summed E-state index contributed by atoms with van der Waals surface area (Å²) in [6.45, 7) is 3.16. The first-order valence-corrected chi connectivity index (χ1v) is 6.00. The van der Waals surface area contributed by atoms with E-state index in [-0.39, 0.29) is 23.6 Å². The molecule has 2 N–H and O–H groups in total. The number of rotatable bonds is 3. The van der Waals surface area contributed by atoms with Gasteiger partial charge in [-0.25, -0.2) is 4.79 Å². The average molecular weight is 275 g/mol. The van der Waals surface area contributed by atoms with E-state index in [9.17, 15) is 14.4 Å². The Labute approximate surface area is 113 Å². The predicted molar refractivity (Wildman–Crippen MR) is 72.6 cm³/mol. The van der Waals surface area contributed by atoms with E-state index < -0.39 is 11.4 Å². The Morgan fingerprint density at radius 3 is 2.80 bits per heavy atom. The molecule has 0 saturated heterocycles. The maximum atomic E-state index is 12.2. The second-order valence-corrected chi connectivity index (χ2v) is 4.06. The molecule has 1 aromatic heterocycles. The number of H-pyrrole nitrogens is 1. The lowest BCUT2D eigenvalue weighted by Crippen LogP contribution is -2.21. The monoisotopic (exact) mass is 275 g/mol. The van der Waals surface area contributed by atoms with Crippen molar-refractivity contribution in [3.63, 3.8) is 0 Å². The Morgan fingerprint density at radius 2 is 2.15 bits per heavy atom. The lowest BCUT2D eigenvalue weighted by molar-refractivity contribution is -0.114. The van der Waals surface area contributed by atoms with Crippen molar-refractivity contribution in [1.29, 1.82) is 0 Å². The first kappa shape index (κ1) is 13.7. The van der Waals surface area contributed by atoms with E-state index in [1.54, 1.807) is 19.1 Å². The van der Waals surface area contributed by atoms with Gasteiger partial charge in [0.15, 0.2) is 0 Å². The summed E-state index contributed by atoms with van der Waals surface area (Å²) >= 11 is 0. The van der Waals surface area contributed by atoms with Crippen LogP contribution >= 0.6 is 0 Å². The number of hydrogen-bond donors (Lipinski definition) is 2. The van der Waals surface area contributed by atoms with Crippen LogP contribution < -0.4 is 10.7 Å². The Morgan fingerprint density at radius 1 is 1.40 bits per heavy atom. The van der Waals surface area contributed by atoms with E-state index in [1.165, 1.54) is 13.0 Å². The molecule has 0 aliphatic rings. The second-order valence-electron chi connectivity index (χ2n) is 4.06. The van der Waals surface area contributed by atoms with Crippen LogP contribution in [-0.2, 0) is 9.53 Å². The highest BCUT2D eigenvalue weighted by Gasteiger charge is 2.16. The van der Waals surface area contributed by atoms with Crippen LogP contribution in [0.15, 0.2) is 23.0 Å². The summed E-state index contributed by atoms with van der Waals surface area (Å²) in [4.78, 5) is 34.8. The Hall–Kier alpha value is -2.70. The van der Waals surface area contributed by atoms with Crippen molar-refractivity contribution in [2.24, 2.45) is 0 Å². The minimum atomic E-state index is -0.777. The van der Waals surface area contributed by atoms with Crippen LogP contribution in [0.3, 0.4) is 0 Å². The summed E-state index contributed by atoms with van der Waals surface area (Å²) < 4.78 is 4.76. The number of ether oxygens (including phenoxy) is 1. The van der Waals surface area contributed by atoms with Crippen LogP contribution in [0.25, 0.3) is 10.9 Å². The number of hydrogen-bond acceptors (Lipinski definition) is 5. The molecule has 0 atom stereocenters. The van der Waals surface area contributed by atoms with Gasteiger partial charge in [0.05, 0.1) is 17.5 Å². The molecule has 0 aliphatic heterocycles. The summed E-state index contributed by atoms with van der Waals surface area (Å²) in [6.07, 6.45) is 0. The van der Waals surface area contributed by atoms with Gasteiger partial charge in [0, 0.05) is 12.6 Å². The van der Waals surface area contributed by atoms with E-state index in [1.807, 2.05) is 0 Å². The summed E-state index contributed by atoms with van der Waals surface area (Å²) in [7, 11) is 0. The minimum Gasteiger partial charge on any atom is -0.461 e. The fourth-order valence-electron chi connectivity index (χ4n) is 1.74.